The van der Waals surface area contributed by atoms with Gasteiger partial charge < -0.3 is 14.7 Å². The smallest absolute Gasteiger partial charge is 0.267 e. The van der Waals surface area contributed by atoms with E-state index in [0.717, 1.165) is 31.0 Å². The third kappa shape index (κ3) is 3.56. The van der Waals surface area contributed by atoms with Crippen LogP contribution >= 0.6 is 0 Å². The van der Waals surface area contributed by atoms with E-state index in [1.807, 2.05) is 43.3 Å². The lowest BCUT2D eigenvalue weighted by molar-refractivity contribution is -0.127. The molecule has 0 radical (unpaired) electrons. The number of rotatable bonds is 3. The molecule has 158 valence electrons. The first kappa shape index (κ1) is 20.4. The van der Waals surface area contributed by atoms with Crippen molar-refractivity contribution in [1.29, 1.82) is 0 Å². The van der Waals surface area contributed by atoms with Gasteiger partial charge in [-0.3, -0.25) is 4.79 Å². The van der Waals surface area contributed by atoms with E-state index in [4.69, 9.17) is 0 Å². The first-order chi connectivity index (χ1) is 14.3. The summed E-state index contributed by atoms with van der Waals surface area (Å²) in [5.74, 6) is -1.04. The van der Waals surface area contributed by atoms with Gasteiger partial charge in [-0.25, -0.2) is 12.8 Å². The van der Waals surface area contributed by atoms with Gasteiger partial charge in [0.15, 0.2) is 4.91 Å². The zero-order chi connectivity index (χ0) is 21.5. The van der Waals surface area contributed by atoms with Crippen molar-refractivity contribution in [2.75, 3.05) is 37.0 Å². The molecule has 0 aromatic heterocycles. The SMILES string of the molecule is CN(C)c1ccc(N2C=C(C(=O)N3CCCCC3)S(=O)(=O)c3ccc(F)cc32)cc1. The summed E-state index contributed by atoms with van der Waals surface area (Å²) in [6, 6.07) is 10.9. The third-order valence-electron chi connectivity index (χ3n) is 5.50. The predicted octanol–water partition coefficient (Wildman–Crippen LogP) is 3.67. The molecule has 4 rings (SSSR count). The van der Waals surface area contributed by atoms with E-state index < -0.39 is 21.6 Å². The fourth-order valence-corrected chi connectivity index (χ4v) is 5.35. The van der Waals surface area contributed by atoms with Gasteiger partial charge in [0.25, 0.3) is 5.91 Å². The molecule has 6 nitrogen and oxygen atoms in total. The highest BCUT2D eigenvalue weighted by Gasteiger charge is 2.38. The fourth-order valence-electron chi connectivity index (χ4n) is 3.83. The van der Waals surface area contributed by atoms with Crippen molar-refractivity contribution >= 4 is 32.8 Å². The largest absolute Gasteiger partial charge is 0.378 e. The lowest BCUT2D eigenvalue weighted by atomic mass is 10.1. The quantitative estimate of drug-likeness (QED) is 0.697. The number of likely N-dealkylation sites (tertiary alicyclic amines) is 1. The second-order valence-corrected chi connectivity index (χ2v) is 9.63. The highest BCUT2D eigenvalue weighted by atomic mass is 32.2. The lowest BCUT2D eigenvalue weighted by Gasteiger charge is -2.32. The number of sulfone groups is 1. The van der Waals surface area contributed by atoms with Crippen molar-refractivity contribution in [2.24, 2.45) is 0 Å². The summed E-state index contributed by atoms with van der Waals surface area (Å²) in [4.78, 5) is 17.9. The van der Waals surface area contributed by atoms with Crippen LogP contribution in [0.15, 0.2) is 58.5 Å². The van der Waals surface area contributed by atoms with Crippen molar-refractivity contribution in [3.8, 4) is 0 Å². The first-order valence-electron chi connectivity index (χ1n) is 9.91. The van der Waals surface area contributed by atoms with Crippen LogP contribution in [-0.2, 0) is 14.6 Å². The third-order valence-corrected chi connectivity index (χ3v) is 7.29. The van der Waals surface area contributed by atoms with Gasteiger partial charge in [0.1, 0.15) is 5.82 Å². The van der Waals surface area contributed by atoms with Crippen LogP contribution in [0.25, 0.3) is 0 Å². The zero-order valence-electron chi connectivity index (χ0n) is 17.0. The van der Waals surface area contributed by atoms with Crippen LogP contribution in [0.4, 0.5) is 21.5 Å². The number of carbonyl (C=O) groups is 1. The summed E-state index contributed by atoms with van der Waals surface area (Å²) in [6.07, 6.45) is 4.08. The zero-order valence-corrected chi connectivity index (χ0v) is 17.8. The maximum absolute atomic E-state index is 14.0. The normalized spacial score (nSPS) is 17.9. The molecule has 0 unspecified atom stereocenters. The van der Waals surface area contributed by atoms with Crippen molar-refractivity contribution in [3.05, 3.63) is 59.4 Å². The Kier molecular flexibility index (Phi) is 5.27. The Balaban J connectivity index is 1.84. The van der Waals surface area contributed by atoms with E-state index in [1.165, 1.54) is 18.3 Å². The number of halogens is 1. The van der Waals surface area contributed by atoms with Gasteiger partial charge in [-0.05, 0) is 61.7 Å². The highest BCUT2D eigenvalue weighted by molar-refractivity contribution is 7.96. The molecule has 2 aromatic carbocycles. The average Bonchev–Trinajstić information content (AvgIpc) is 2.74. The molecule has 2 aliphatic heterocycles. The van der Waals surface area contributed by atoms with Crippen molar-refractivity contribution in [3.63, 3.8) is 0 Å². The minimum atomic E-state index is -4.06. The Hall–Kier alpha value is -2.87. The monoisotopic (exact) mass is 429 g/mol. The molecule has 0 spiro atoms. The molecule has 2 heterocycles. The Morgan fingerprint density at radius 1 is 1.00 bits per heavy atom. The number of hydrogen-bond donors (Lipinski definition) is 0. The Morgan fingerprint density at radius 2 is 1.67 bits per heavy atom. The Labute approximate surface area is 176 Å². The van der Waals surface area contributed by atoms with Gasteiger partial charge in [0.05, 0.1) is 10.6 Å². The molecule has 0 aliphatic carbocycles. The minimum absolute atomic E-state index is 0.0663. The standard InChI is InChI=1S/C22H24FN3O3S/c1-24(2)17-7-9-18(10-8-17)26-15-21(22(27)25-12-4-3-5-13-25)30(28,29)20-11-6-16(23)14-19(20)26/h6-11,14-15H,3-5,12-13H2,1-2H3. The van der Waals surface area contributed by atoms with E-state index >= 15 is 0 Å². The van der Waals surface area contributed by atoms with Crippen LogP contribution in [0.1, 0.15) is 19.3 Å². The molecule has 0 bridgehead atoms. The molecule has 0 N–H and O–H groups in total. The van der Waals surface area contributed by atoms with Gasteiger partial charge in [0.2, 0.25) is 9.84 Å². The van der Waals surface area contributed by atoms with Crippen LogP contribution < -0.4 is 9.80 Å². The number of carbonyl (C=O) groups excluding carboxylic acids is 1. The maximum atomic E-state index is 14.0. The van der Waals surface area contributed by atoms with Crippen LogP contribution in [0.5, 0.6) is 0 Å². The molecule has 30 heavy (non-hydrogen) atoms. The summed E-state index contributed by atoms with van der Waals surface area (Å²) >= 11 is 0. The molecule has 0 atom stereocenters. The number of benzene rings is 2. The van der Waals surface area contributed by atoms with E-state index in [0.29, 0.717) is 18.8 Å². The summed E-state index contributed by atoms with van der Waals surface area (Å²) in [5, 5.41) is 0. The average molecular weight is 430 g/mol. The molecular formula is C22H24FN3O3S. The number of piperidine rings is 1. The molecule has 8 heteroatoms. The van der Waals surface area contributed by atoms with Gasteiger partial charge in [-0.1, -0.05) is 0 Å². The predicted molar refractivity (Wildman–Crippen MR) is 115 cm³/mol. The number of nitrogens with zero attached hydrogens (tertiary/aromatic N) is 3. The van der Waals surface area contributed by atoms with Crippen LogP contribution in [-0.4, -0.2) is 46.4 Å². The number of hydrogen-bond acceptors (Lipinski definition) is 5. The van der Waals surface area contributed by atoms with Crippen molar-refractivity contribution in [1.82, 2.24) is 4.90 Å². The highest BCUT2D eigenvalue weighted by Crippen LogP contribution is 2.40. The van der Waals surface area contributed by atoms with Gasteiger partial charge in [-0.15, -0.1) is 0 Å². The molecule has 0 saturated carbocycles. The summed E-state index contributed by atoms with van der Waals surface area (Å²) < 4.78 is 40.5. The van der Waals surface area contributed by atoms with Gasteiger partial charge in [-0.2, -0.15) is 0 Å². The van der Waals surface area contributed by atoms with E-state index in [-0.39, 0.29) is 15.5 Å². The summed E-state index contributed by atoms with van der Waals surface area (Å²) in [5.41, 5.74) is 1.81. The molecular weight excluding hydrogens is 405 g/mol. The number of fused-ring (bicyclic) bond motifs is 1. The number of anilines is 3. The van der Waals surface area contributed by atoms with Crippen molar-refractivity contribution < 1.29 is 17.6 Å². The van der Waals surface area contributed by atoms with E-state index in [9.17, 15) is 17.6 Å². The summed E-state index contributed by atoms with van der Waals surface area (Å²) in [7, 11) is -0.219. The Bertz CT molecular complexity index is 1100. The Morgan fingerprint density at radius 3 is 2.30 bits per heavy atom. The van der Waals surface area contributed by atoms with E-state index in [1.54, 1.807) is 9.80 Å². The van der Waals surface area contributed by atoms with Crippen LogP contribution in [0, 0.1) is 5.82 Å². The van der Waals surface area contributed by atoms with Gasteiger partial charge >= 0.3 is 0 Å². The second kappa shape index (κ2) is 7.75. The molecule has 2 aliphatic rings. The molecule has 2 aromatic rings. The van der Waals surface area contributed by atoms with E-state index in [2.05, 4.69) is 0 Å². The molecule has 1 amide bonds. The fraction of sp³-hybridized carbons (Fsp3) is 0.318. The lowest BCUT2D eigenvalue weighted by Crippen LogP contribution is -2.39. The molecule has 1 fully saturated rings. The van der Waals surface area contributed by atoms with Crippen molar-refractivity contribution in [2.45, 2.75) is 24.2 Å². The second-order valence-electron chi connectivity index (χ2n) is 7.74. The topological polar surface area (TPSA) is 60.9 Å². The van der Waals surface area contributed by atoms with Gasteiger partial charge in [0, 0.05) is 44.8 Å². The minimum Gasteiger partial charge on any atom is -0.378 e. The van der Waals surface area contributed by atoms with Crippen LogP contribution in [0.2, 0.25) is 0 Å². The van der Waals surface area contributed by atoms with Crippen LogP contribution in [0.3, 0.4) is 0 Å². The number of amides is 1. The summed E-state index contributed by atoms with van der Waals surface area (Å²) in [6.45, 7) is 1.08. The maximum Gasteiger partial charge on any atom is 0.267 e. The first-order valence-corrected chi connectivity index (χ1v) is 11.4. The molecule has 1 saturated heterocycles.